The molecule has 5 atom stereocenters. The minimum atomic E-state index is -0.798. The lowest BCUT2D eigenvalue weighted by molar-refractivity contribution is -0.143. The maximum Gasteiger partial charge on any atom is 0.243 e. The predicted molar refractivity (Wildman–Crippen MR) is 133 cm³/mol. The molecule has 3 amide bonds. The van der Waals surface area contributed by atoms with Crippen LogP contribution in [0, 0.1) is 5.92 Å². The number of ketones is 2. The highest BCUT2D eigenvalue weighted by Gasteiger charge is 2.38. The lowest BCUT2D eigenvalue weighted by Crippen LogP contribution is -2.52. The SMILES string of the molecule is C[C@H](N)C(=O)N[C@H](C)C(=O)C[C@@H](C)C(=O)N1CCC[C@H]1C(=O)NC(Cc1ccccc1)C(=O)CCl. The van der Waals surface area contributed by atoms with E-state index in [1.54, 1.807) is 13.8 Å². The molecule has 1 fully saturated rings. The van der Waals surface area contributed by atoms with Crippen molar-refractivity contribution in [1.82, 2.24) is 15.5 Å². The van der Waals surface area contributed by atoms with Crippen LogP contribution in [0.4, 0.5) is 0 Å². The van der Waals surface area contributed by atoms with Crippen molar-refractivity contribution in [1.29, 1.82) is 0 Å². The third kappa shape index (κ3) is 8.14. The number of hydrogen-bond donors (Lipinski definition) is 3. The molecule has 35 heavy (non-hydrogen) atoms. The summed E-state index contributed by atoms with van der Waals surface area (Å²) in [6.45, 7) is 5.08. The summed E-state index contributed by atoms with van der Waals surface area (Å²) in [6, 6.07) is 6.24. The number of hydrogen-bond acceptors (Lipinski definition) is 6. The molecule has 1 saturated heterocycles. The maximum atomic E-state index is 13.1. The smallest absolute Gasteiger partial charge is 0.243 e. The molecule has 10 heteroatoms. The number of nitrogens with zero attached hydrogens (tertiary/aromatic N) is 1. The van der Waals surface area contributed by atoms with Crippen LogP contribution in [0.3, 0.4) is 0 Å². The summed E-state index contributed by atoms with van der Waals surface area (Å²) in [7, 11) is 0. The van der Waals surface area contributed by atoms with Crippen LogP contribution < -0.4 is 16.4 Å². The molecule has 0 saturated carbocycles. The van der Waals surface area contributed by atoms with E-state index in [-0.39, 0.29) is 29.8 Å². The van der Waals surface area contributed by atoms with Gasteiger partial charge in [0.25, 0.3) is 0 Å². The van der Waals surface area contributed by atoms with Crippen molar-refractivity contribution in [2.24, 2.45) is 11.7 Å². The molecule has 4 N–H and O–H groups in total. The van der Waals surface area contributed by atoms with Gasteiger partial charge >= 0.3 is 0 Å². The summed E-state index contributed by atoms with van der Waals surface area (Å²) < 4.78 is 0. The zero-order chi connectivity index (χ0) is 26.1. The van der Waals surface area contributed by atoms with Gasteiger partial charge in [-0.1, -0.05) is 37.3 Å². The Labute approximate surface area is 211 Å². The highest BCUT2D eigenvalue weighted by Crippen LogP contribution is 2.22. The van der Waals surface area contributed by atoms with Gasteiger partial charge < -0.3 is 21.3 Å². The summed E-state index contributed by atoms with van der Waals surface area (Å²) in [5.74, 6) is -2.68. The Morgan fingerprint density at radius 1 is 1.06 bits per heavy atom. The molecule has 9 nitrogen and oxygen atoms in total. The van der Waals surface area contributed by atoms with E-state index in [1.165, 1.54) is 11.8 Å². The summed E-state index contributed by atoms with van der Waals surface area (Å²) in [6.07, 6.45) is 1.32. The zero-order valence-corrected chi connectivity index (χ0v) is 21.2. The number of nitrogens with one attached hydrogen (secondary N) is 2. The van der Waals surface area contributed by atoms with Crippen molar-refractivity contribution in [3.63, 3.8) is 0 Å². The first kappa shape index (κ1) is 28.5. The number of rotatable bonds is 12. The monoisotopic (exact) mass is 506 g/mol. The van der Waals surface area contributed by atoms with Crippen molar-refractivity contribution in [2.75, 3.05) is 12.4 Å². The molecule has 1 aliphatic heterocycles. The average Bonchev–Trinajstić information content (AvgIpc) is 3.33. The van der Waals surface area contributed by atoms with Crippen LogP contribution in [0.5, 0.6) is 0 Å². The Bertz CT molecular complexity index is 924. The molecule has 1 heterocycles. The van der Waals surface area contributed by atoms with Gasteiger partial charge in [-0.2, -0.15) is 0 Å². The predicted octanol–water partition coefficient (Wildman–Crippen LogP) is 0.960. The topological polar surface area (TPSA) is 139 Å². The number of likely N-dealkylation sites (tertiary alicyclic amines) is 1. The molecule has 1 aliphatic rings. The third-order valence-electron chi connectivity index (χ3n) is 6.14. The summed E-state index contributed by atoms with van der Waals surface area (Å²) in [4.78, 5) is 64.3. The molecule has 0 bridgehead atoms. The van der Waals surface area contributed by atoms with E-state index in [0.29, 0.717) is 25.8 Å². The Morgan fingerprint density at radius 3 is 2.31 bits per heavy atom. The molecular weight excluding hydrogens is 472 g/mol. The Kier molecular flexibility index (Phi) is 10.9. The van der Waals surface area contributed by atoms with E-state index in [4.69, 9.17) is 17.3 Å². The normalized spacial score (nSPS) is 18.8. The number of carbonyl (C=O) groups excluding carboxylic acids is 5. The van der Waals surface area contributed by atoms with Gasteiger partial charge in [0.1, 0.15) is 6.04 Å². The zero-order valence-electron chi connectivity index (χ0n) is 20.5. The van der Waals surface area contributed by atoms with E-state index in [1.807, 2.05) is 30.3 Å². The first-order valence-corrected chi connectivity index (χ1v) is 12.4. The molecule has 1 aromatic carbocycles. The van der Waals surface area contributed by atoms with Crippen LogP contribution in [-0.4, -0.2) is 70.8 Å². The molecule has 1 aromatic rings. The first-order chi connectivity index (χ1) is 16.5. The number of carbonyl (C=O) groups is 5. The summed E-state index contributed by atoms with van der Waals surface area (Å²) in [5, 5.41) is 5.31. The van der Waals surface area contributed by atoms with Gasteiger partial charge in [0.15, 0.2) is 11.6 Å². The van der Waals surface area contributed by atoms with Gasteiger partial charge in [0.05, 0.1) is 24.0 Å². The molecule has 0 spiro atoms. The molecule has 0 aromatic heterocycles. The van der Waals surface area contributed by atoms with E-state index >= 15 is 0 Å². The lowest BCUT2D eigenvalue weighted by atomic mass is 9.98. The van der Waals surface area contributed by atoms with Gasteiger partial charge in [0, 0.05) is 18.9 Å². The minimum Gasteiger partial charge on any atom is -0.345 e. The molecule has 2 rings (SSSR count). The van der Waals surface area contributed by atoms with Gasteiger partial charge in [-0.15, -0.1) is 11.6 Å². The Hall–Kier alpha value is -2.78. The van der Waals surface area contributed by atoms with E-state index in [2.05, 4.69) is 10.6 Å². The van der Waals surface area contributed by atoms with Crippen molar-refractivity contribution in [3.8, 4) is 0 Å². The van der Waals surface area contributed by atoms with Crippen LogP contribution in [-0.2, 0) is 30.4 Å². The van der Waals surface area contributed by atoms with E-state index < -0.39 is 41.9 Å². The van der Waals surface area contributed by atoms with Gasteiger partial charge in [-0.05, 0) is 38.7 Å². The second-order valence-electron chi connectivity index (χ2n) is 9.13. The molecule has 192 valence electrons. The standard InChI is InChI=1S/C25H35ClN4O5/c1-15(12-21(31)17(3)28-23(33)16(2)27)25(35)30-11-7-10-20(30)24(34)29-19(22(32)14-26)13-18-8-5-4-6-9-18/h4-6,8-9,15-17,19-20H,7,10-14,27H2,1-3H3,(H,28,33)(H,29,34)/t15-,16+,17-,19?,20+/m1/s1. The first-order valence-electron chi connectivity index (χ1n) is 11.9. The van der Waals surface area contributed by atoms with Crippen molar-refractivity contribution >= 4 is 40.9 Å². The van der Waals surface area contributed by atoms with Crippen LogP contribution in [0.1, 0.15) is 45.6 Å². The Balaban J connectivity index is 2.01. The molecular formula is C25H35ClN4O5. The van der Waals surface area contributed by atoms with Crippen LogP contribution >= 0.6 is 11.6 Å². The van der Waals surface area contributed by atoms with Gasteiger partial charge in [0.2, 0.25) is 17.7 Å². The Morgan fingerprint density at radius 2 is 1.71 bits per heavy atom. The fourth-order valence-corrected chi connectivity index (χ4v) is 4.22. The van der Waals surface area contributed by atoms with Gasteiger partial charge in [-0.25, -0.2) is 0 Å². The quantitative estimate of drug-likeness (QED) is 0.361. The molecule has 0 aliphatic carbocycles. The fraction of sp³-hybridized carbons (Fsp3) is 0.560. The third-order valence-corrected chi connectivity index (χ3v) is 6.41. The largest absolute Gasteiger partial charge is 0.345 e. The number of Topliss-reactive ketones (excluding diaryl/α,β-unsaturated/α-hetero) is 2. The number of benzene rings is 1. The van der Waals surface area contributed by atoms with E-state index in [9.17, 15) is 24.0 Å². The van der Waals surface area contributed by atoms with Crippen molar-refractivity contribution < 1.29 is 24.0 Å². The van der Waals surface area contributed by atoms with Crippen LogP contribution in [0.15, 0.2) is 30.3 Å². The fourth-order valence-electron chi connectivity index (χ4n) is 4.03. The molecule has 0 radical (unpaired) electrons. The molecule has 1 unspecified atom stereocenters. The van der Waals surface area contributed by atoms with Crippen LogP contribution in [0.2, 0.25) is 0 Å². The second-order valence-corrected chi connectivity index (χ2v) is 9.40. The van der Waals surface area contributed by atoms with Crippen molar-refractivity contribution in [3.05, 3.63) is 35.9 Å². The number of amides is 3. The number of nitrogens with two attached hydrogens (primary N) is 1. The van der Waals surface area contributed by atoms with Crippen molar-refractivity contribution in [2.45, 2.75) is 70.6 Å². The highest BCUT2D eigenvalue weighted by atomic mass is 35.5. The number of alkyl halides is 1. The lowest BCUT2D eigenvalue weighted by Gasteiger charge is -2.28. The average molecular weight is 507 g/mol. The van der Waals surface area contributed by atoms with E-state index in [0.717, 1.165) is 5.56 Å². The second kappa shape index (κ2) is 13.3. The summed E-state index contributed by atoms with van der Waals surface area (Å²) in [5.41, 5.74) is 6.40. The van der Waals surface area contributed by atoms with Gasteiger partial charge in [-0.3, -0.25) is 24.0 Å². The minimum absolute atomic E-state index is 0.0779. The number of halogens is 1. The van der Waals surface area contributed by atoms with Crippen LogP contribution in [0.25, 0.3) is 0 Å². The summed E-state index contributed by atoms with van der Waals surface area (Å²) >= 11 is 5.77. The maximum absolute atomic E-state index is 13.1. The highest BCUT2D eigenvalue weighted by molar-refractivity contribution is 6.28.